The van der Waals surface area contributed by atoms with Crippen LogP contribution in [0.15, 0.2) is 17.0 Å². The third-order valence-electron chi connectivity index (χ3n) is 1.23. The average Bonchev–Trinajstić information content (AvgIpc) is 2.04. The quantitative estimate of drug-likeness (QED) is 0.407. The van der Waals surface area contributed by atoms with Crippen molar-refractivity contribution in [1.29, 1.82) is 0 Å². The number of halogens is 6. The molecule has 0 amide bonds. The smallest absolute Gasteiger partial charge is 0.205 e. The van der Waals surface area contributed by atoms with E-state index in [9.17, 15) is 22.0 Å². The Bertz CT molecular complexity index is 349. The molecule has 1 aromatic rings. The zero-order valence-corrected chi connectivity index (χ0v) is 7.90. The summed E-state index contributed by atoms with van der Waals surface area (Å²) in [5, 5.41) is -0.931. The molecule has 1 aromatic carbocycles. The largest absolute Gasteiger partial charge is 0.446 e. The standard InChI is InChI=1S/C7H2ClF5S/c8-5-3(9)1-2-4(6(5)10)14-7(11,12)13/h1-2H. The Morgan fingerprint density at radius 2 is 1.71 bits per heavy atom. The molecule has 0 heterocycles. The molecule has 0 radical (unpaired) electrons. The maximum atomic E-state index is 12.9. The van der Waals surface area contributed by atoms with Crippen LogP contribution in [0, 0.1) is 11.6 Å². The summed E-state index contributed by atoms with van der Waals surface area (Å²) < 4.78 is 60.9. The second-order valence-corrected chi connectivity index (χ2v) is 3.71. The van der Waals surface area contributed by atoms with Crippen molar-refractivity contribution in [2.45, 2.75) is 10.4 Å². The predicted molar refractivity (Wildman–Crippen MR) is 43.3 cm³/mol. The van der Waals surface area contributed by atoms with Crippen LogP contribution in [-0.4, -0.2) is 5.51 Å². The Morgan fingerprint density at radius 1 is 1.14 bits per heavy atom. The first-order valence-corrected chi connectivity index (χ1v) is 4.40. The second-order valence-electron chi connectivity index (χ2n) is 2.22. The van der Waals surface area contributed by atoms with Crippen molar-refractivity contribution in [3.63, 3.8) is 0 Å². The molecule has 0 saturated carbocycles. The summed E-state index contributed by atoms with van der Waals surface area (Å²) in [5.41, 5.74) is -4.62. The molecule has 7 heteroatoms. The van der Waals surface area contributed by atoms with Crippen LogP contribution in [0.4, 0.5) is 22.0 Å². The van der Waals surface area contributed by atoms with Crippen molar-refractivity contribution < 1.29 is 22.0 Å². The van der Waals surface area contributed by atoms with Crippen LogP contribution < -0.4 is 0 Å². The highest BCUT2D eigenvalue weighted by atomic mass is 35.5. The molecule has 0 unspecified atom stereocenters. The van der Waals surface area contributed by atoms with Crippen molar-refractivity contribution in [2.75, 3.05) is 0 Å². The van der Waals surface area contributed by atoms with Gasteiger partial charge in [-0.1, -0.05) is 11.6 Å². The fraction of sp³-hybridized carbons (Fsp3) is 0.143. The lowest BCUT2D eigenvalue weighted by molar-refractivity contribution is -0.0329. The maximum Gasteiger partial charge on any atom is 0.446 e. The van der Waals surface area contributed by atoms with E-state index in [2.05, 4.69) is 0 Å². The predicted octanol–water partition coefficient (Wildman–Crippen LogP) is 4.23. The van der Waals surface area contributed by atoms with Gasteiger partial charge in [-0.3, -0.25) is 0 Å². The molecule has 0 aliphatic carbocycles. The van der Waals surface area contributed by atoms with Crippen molar-refractivity contribution in [3.05, 3.63) is 28.8 Å². The van der Waals surface area contributed by atoms with Gasteiger partial charge in [-0.05, 0) is 23.9 Å². The zero-order valence-electron chi connectivity index (χ0n) is 6.33. The molecule has 0 N–H and O–H groups in total. The molecule has 0 aliphatic rings. The monoisotopic (exact) mass is 248 g/mol. The molecule has 0 bridgehead atoms. The van der Waals surface area contributed by atoms with Crippen molar-refractivity contribution >= 4 is 23.4 Å². The first kappa shape index (κ1) is 11.6. The minimum Gasteiger partial charge on any atom is -0.205 e. The first-order chi connectivity index (χ1) is 6.31. The zero-order chi connectivity index (χ0) is 10.9. The lowest BCUT2D eigenvalue weighted by Crippen LogP contribution is -2.01. The van der Waals surface area contributed by atoms with Gasteiger partial charge in [0.2, 0.25) is 0 Å². The van der Waals surface area contributed by atoms with Crippen LogP contribution >= 0.6 is 23.4 Å². The van der Waals surface area contributed by atoms with Gasteiger partial charge in [-0.2, -0.15) is 13.2 Å². The molecule has 0 aromatic heterocycles. The summed E-state index contributed by atoms with van der Waals surface area (Å²) in [6.07, 6.45) is 0. The maximum absolute atomic E-state index is 12.9. The minimum absolute atomic E-state index is 0.676. The van der Waals surface area contributed by atoms with Crippen LogP contribution in [0.1, 0.15) is 0 Å². The molecular weight excluding hydrogens is 247 g/mol. The molecule has 14 heavy (non-hydrogen) atoms. The third-order valence-corrected chi connectivity index (χ3v) is 2.34. The van der Waals surface area contributed by atoms with E-state index < -0.39 is 38.8 Å². The van der Waals surface area contributed by atoms with Gasteiger partial charge in [0, 0.05) is 0 Å². The summed E-state index contributed by atoms with van der Waals surface area (Å²) in [5.74, 6) is -2.48. The number of benzene rings is 1. The van der Waals surface area contributed by atoms with E-state index in [0.29, 0.717) is 12.1 Å². The lowest BCUT2D eigenvalue weighted by atomic mass is 10.3. The van der Waals surface area contributed by atoms with E-state index in [-0.39, 0.29) is 0 Å². The van der Waals surface area contributed by atoms with Crippen molar-refractivity contribution in [2.24, 2.45) is 0 Å². The fourth-order valence-electron chi connectivity index (χ4n) is 0.712. The molecule has 0 fully saturated rings. The SMILES string of the molecule is Fc1ccc(SC(F)(F)F)c(F)c1Cl. The first-order valence-electron chi connectivity index (χ1n) is 3.20. The van der Waals surface area contributed by atoms with E-state index in [1.54, 1.807) is 0 Å². The normalized spacial score (nSPS) is 11.9. The van der Waals surface area contributed by atoms with E-state index in [1.807, 2.05) is 0 Å². The number of alkyl halides is 3. The van der Waals surface area contributed by atoms with E-state index >= 15 is 0 Å². The lowest BCUT2D eigenvalue weighted by Gasteiger charge is -2.07. The molecular formula is C7H2ClF5S. The summed E-state index contributed by atoms with van der Waals surface area (Å²) in [6, 6.07) is 1.37. The summed E-state index contributed by atoms with van der Waals surface area (Å²) in [7, 11) is 0. The Morgan fingerprint density at radius 3 is 2.21 bits per heavy atom. The van der Waals surface area contributed by atoms with Gasteiger partial charge in [0.25, 0.3) is 0 Å². The van der Waals surface area contributed by atoms with Gasteiger partial charge in [0.05, 0.1) is 4.90 Å². The van der Waals surface area contributed by atoms with Gasteiger partial charge >= 0.3 is 5.51 Å². The minimum atomic E-state index is -4.62. The van der Waals surface area contributed by atoms with Gasteiger partial charge in [-0.25, -0.2) is 8.78 Å². The second kappa shape index (κ2) is 3.94. The molecule has 0 saturated heterocycles. The molecule has 0 spiro atoms. The number of rotatable bonds is 1. The molecule has 78 valence electrons. The van der Waals surface area contributed by atoms with Crippen LogP contribution in [0.2, 0.25) is 5.02 Å². The molecule has 1 rings (SSSR count). The Hall–Kier alpha value is -0.490. The third kappa shape index (κ3) is 2.75. The summed E-state index contributed by atoms with van der Waals surface area (Å²) in [6.45, 7) is 0. The van der Waals surface area contributed by atoms with E-state index in [4.69, 9.17) is 11.6 Å². The van der Waals surface area contributed by atoms with Gasteiger partial charge in [-0.15, -0.1) is 0 Å². The van der Waals surface area contributed by atoms with E-state index in [1.165, 1.54) is 0 Å². The number of hydrogen-bond acceptors (Lipinski definition) is 1. The van der Waals surface area contributed by atoms with E-state index in [0.717, 1.165) is 0 Å². The van der Waals surface area contributed by atoms with Crippen molar-refractivity contribution in [1.82, 2.24) is 0 Å². The number of hydrogen-bond donors (Lipinski definition) is 0. The number of thioether (sulfide) groups is 1. The highest BCUT2D eigenvalue weighted by Gasteiger charge is 2.31. The summed E-state index contributed by atoms with van der Waals surface area (Å²) in [4.78, 5) is -0.746. The van der Waals surface area contributed by atoms with Crippen LogP contribution in [-0.2, 0) is 0 Å². The molecule has 0 atom stereocenters. The highest BCUT2D eigenvalue weighted by Crippen LogP contribution is 2.39. The Kier molecular flexibility index (Phi) is 3.26. The van der Waals surface area contributed by atoms with Crippen LogP contribution in [0.3, 0.4) is 0 Å². The fourth-order valence-corrected chi connectivity index (χ4v) is 1.51. The van der Waals surface area contributed by atoms with Crippen LogP contribution in [0.5, 0.6) is 0 Å². The topological polar surface area (TPSA) is 0 Å². The van der Waals surface area contributed by atoms with Gasteiger partial charge in [0.15, 0.2) is 5.82 Å². The summed E-state index contributed by atoms with van der Waals surface area (Å²) >= 11 is 4.41. The van der Waals surface area contributed by atoms with Gasteiger partial charge in [0.1, 0.15) is 10.8 Å². The molecule has 0 nitrogen and oxygen atoms in total. The average molecular weight is 249 g/mol. The highest BCUT2D eigenvalue weighted by molar-refractivity contribution is 8.00. The Balaban J connectivity index is 3.06. The van der Waals surface area contributed by atoms with Crippen molar-refractivity contribution in [3.8, 4) is 0 Å². The Labute approximate surface area is 85.1 Å². The van der Waals surface area contributed by atoms with Crippen LogP contribution in [0.25, 0.3) is 0 Å². The molecule has 0 aliphatic heterocycles. The van der Waals surface area contributed by atoms with Gasteiger partial charge < -0.3 is 0 Å².